The number of rotatable bonds is 43. The summed E-state index contributed by atoms with van der Waals surface area (Å²) in [6, 6.07) is -0.728. The van der Waals surface area contributed by atoms with E-state index in [2.05, 4.69) is 50.3 Å². The summed E-state index contributed by atoms with van der Waals surface area (Å²) in [7, 11) is 5.41. The van der Waals surface area contributed by atoms with Crippen molar-refractivity contribution in [1.82, 2.24) is 0 Å². The van der Waals surface area contributed by atoms with E-state index in [-0.39, 0.29) is 42.7 Å². The lowest BCUT2D eigenvalue weighted by atomic mass is 10.0. The summed E-state index contributed by atoms with van der Waals surface area (Å²) in [5, 5.41) is 11.6. The zero-order valence-electron chi connectivity index (χ0n) is 38.5. The minimum atomic E-state index is -1.13. The van der Waals surface area contributed by atoms with Crippen LogP contribution in [0.25, 0.3) is 0 Å². The standard InChI is InChI=1S/C50H91NO7/c1-6-8-10-12-14-16-18-20-22-23-24-25-26-27-29-31-33-35-37-39-41-49(53)58-46(44-56-43-42-47(50(54)55)51(3,4)5)45-57-48(52)40-38-36-34-32-30-28-21-19-17-15-13-11-9-7-2/h9,11,15,17,21,28,46-47H,6-8,10,12-14,16,18-20,22-27,29-45H2,1-5H3/b11-9+,17-15+,28-21+. The van der Waals surface area contributed by atoms with Crippen molar-refractivity contribution in [2.75, 3.05) is 41.0 Å². The van der Waals surface area contributed by atoms with Gasteiger partial charge in [-0.1, -0.05) is 185 Å². The Bertz CT molecular complexity index is 1050. The van der Waals surface area contributed by atoms with E-state index >= 15 is 0 Å². The molecule has 0 aliphatic rings. The van der Waals surface area contributed by atoms with Crippen LogP contribution in [-0.4, -0.2) is 75.5 Å². The van der Waals surface area contributed by atoms with Crippen molar-refractivity contribution in [3.63, 3.8) is 0 Å². The molecule has 2 unspecified atom stereocenters. The number of ether oxygens (including phenoxy) is 3. The largest absolute Gasteiger partial charge is 0.544 e. The molecule has 0 aliphatic carbocycles. The van der Waals surface area contributed by atoms with E-state index in [0.717, 1.165) is 70.6 Å². The van der Waals surface area contributed by atoms with Gasteiger partial charge < -0.3 is 28.6 Å². The highest BCUT2D eigenvalue weighted by Gasteiger charge is 2.25. The van der Waals surface area contributed by atoms with Crippen LogP contribution >= 0.6 is 0 Å². The number of carboxylic acid groups (broad SMARTS) is 1. The Labute approximate surface area is 357 Å². The maximum absolute atomic E-state index is 12.8. The lowest BCUT2D eigenvalue weighted by Gasteiger charge is -2.34. The molecule has 0 aliphatic heterocycles. The van der Waals surface area contributed by atoms with Crippen molar-refractivity contribution in [2.24, 2.45) is 0 Å². The number of hydrogen-bond acceptors (Lipinski definition) is 7. The third-order valence-corrected chi connectivity index (χ3v) is 10.8. The van der Waals surface area contributed by atoms with Gasteiger partial charge in [-0.05, 0) is 44.9 Å². The number of quaternary nitrogens is 1. The summed E-state index contributed by atoms with van der Waals surface area (Å²) < 4.78 is 17.2. The molecule has 0 amide bonds. The summed E-state index contributed by atoms with van der Waals surface area (Å²) in [4.78, 5) is 36.9. The Morgan fingerprint density at radius 2 is 0.966 bits per heavy atom. The van der Waals surface area contributed by atoms with Crippen LogP contribution in [0, 0.1) is 0 Å². The SMILES string of the molecule is CC/C=C/C/C=C/C/C=C/CCCCCCC(=O)OCC(COCCC(C(=O)[O-])[N+](C)(C)C)OC(=O)CCCCCCCCCCCCCCCCCCCCCC. The smallest absolute Gasteiger partial charge is 0.306 e. The summed E-state index contributed by atoms with van der Waals surface area (Å²) in [5.74, 6) is -1.75. The highest BCUT2D eigenvalue weighted by atomic mass is 16.6. The summed E-state index contributed by atoms with van der Waals surface area (Å²) >= 11 is 0. The van der Waals surface area contributed by atoms with Crippen molar-refractivity contribution >= 4 is 17.9 Å². The third-order valence-electron chi connectivity index (χ3n) is 10.8. The molecule has 0 N–H and O–H groups in total. The second kappa shape index (κ2) is 41.3. The molecule has 0 saturated heterocycles. The molecule has 0 bridgehead atoms. The van der Waals surface area contributed by atoms with Crippen LogP contribution in [0.5, 0.6) is 0 Å². The van der Waals surface area contributed by atoms with Gasteiger partial charge in [-0.2, -0.15) is 0 Å². The normalized spacial score (nSPS) is 13.2. The van der Waals surface area contributed by atoms with Gasteiger partial charge in [-0.25, -0.2) is 0 Å². The van der Waals surface area contributed by atoms with Gasteiger partial charge >= 0.3 is 11.9 Å². The third kappa shape index (κ3) is 39.0. The first-order valence-corrected chi connectivity index (χ1v) is 24.0. The zero-order valence-corrected chi connectivity index (χ0v) is 38.5. The average Bonchev–Trinajstić information content (AvgIpc) is 3.18. The van der Waals surface area contributed by atoms with Crippen LogP contribution in [0.2, 0.25) is 0 Å². The van der Waals surface area contributed by atoms with E-state index in [1.165, 1.54) is 109 Å². The molecule has 0 saturated carbocycles. The maximum Gasteiger partial charge on any atom is 0.306 e. The molecule has 2 atom stereocenters. The lowest BCUT2D eigenvalue weighted by molar-refractivity contribution is -0.889. The van der Waals surface area contributed by atoms with Crippen molar-refractivity contribution in [3.05, 3.63) is 36.5 Å². The fraction of sp³-hybridized carbons (Fsp3) is 0.820. The Morgan fingerprint density at radius 3 is 1.43 bits per heavy atom. The second-order valence-electron chi connectivity index (χ2n) is 17.3. The van der Waals surface area contributed by atoms with Gasteiger partial charge in [-0.3, -0.25) is 9.59 Å². The van der Waals surface area contributed by atoms with Gasteiger partial charge in [0.15, 0.2) is 6.10 Å². The molecule has 8 nitrogen and oxygen atoms in total. The number of carbonyl (C=O) groups excluding carboxylic acids is 3. The molecule has 0 fully saturated rings. The lowest BCUT2D eigenvalue weighted by Crippen LogP contribution is -2.55. The van der Waals surface area contributed by atoms with E-state index in [1.807, 2.05) is 0 Å². The molecule has 338 valence electrons. The molecular weight excluding hydrogens is 727 g/mol. The van der Waals surface area contributed by atoms with E-state index in [4.69, 9.17) is 14.2 Å². The minimum absolute atomic E-state index is 0.0361. The number of allylic oxidation sites excluding steroid dienone is 6. The number of esters is 2. The predicted octanol–water partition coefficient (Wildman–Crippen LogP) is 12.1. The first-order chi connectivity index (χ1) is 28.1. The number of unbranched alkanes of at least 4 members (excludes halogenated alkanes) is 23. The molecule has 8 heteroatoms. The van der Waals surface area contributed by atoms with E-state index in [1.54, 1.807) is 21.1 Å². The van der Waals surface area contributed by atoms with Gasteiger partial charge in [0, 0.05) is 19.3 Å². The van der Waals surface area contributed by atoms with Crippen molar-refractivity contribution in [3.8, 4) is 0 Å². The fourth-order valence-corrected chi connectivity index (χ4v) is 7.09. The van der Waals surface area contributed by atoms with Crippen LogP contribution in [0.4, 0.5) is 0 Å². The fourth-order valence-electron chi connectivity index (χ4n) is 7.09. The summed E-state index contributed by atoms with van der Waals surface area (Å²) in [5.41, 5.74) is 0. The number of hydrogen-bond donors (Lipinski definition) is 0. The molecule has 0 aromatic heterocycles. The van der Waals surface area contributed by atoms with Crippen molar-refractivity contribution < 1.29 is 38.2 Å². The molecular formula is C50H91NO7. The van der Waals surface area contributed by atoms with Crippen molar-refractivity contribution in [1.29, 1.82) is 0 Å². The minimum Gasteiger partial charge on any atom is -0.544 e. The molecule has 0 aromatic rings. The summed E-state index contributed by atoms with van der Waals surface area (Å²) in [6.07, 6.45) is 47.5. The number of carboxylic acids is 1. The Morgan fingerprint density at radius 1 is 0.534 bits per heavy atom. The predicted molar refractivity (Wildman–Crippen MR) is 240 cm³/mol. The summed E-state index contributed by atoms with van der Waals surface area (Å²) in [6.45, 7) is 4.55. The maximum atomic E-state index is 12.8. The molecule has 0 radical (unpaired) electrons. The van der Waals surface area contributed by atoms with Gasteiger partial charge in [0.05, 0.1) is 40.3 Å². The van der Waals surface area contributed by atoms with E-state index < -0.39 is 18.1 Å². The number of nitrogens with zero attached hydrogens (tertiary/aromatic N) is 1. The molecule has 58 heavy (non-hydrogen) atoms. The van der Waals surface area contributed by atoms with Gasteiger partial charge in [0.2, 0.25) is 0 Å². The topological polar surface area (TPSA) is 102 Å². The quantitative estimate of drug-likeness (QED) is 0.0261. The van der Waals surface area contributed by atoms with Crippen LogP contribution in [0.3, 0.4) is 0 Å². The van der Waals surface area contributed by atoms with Crippen LogP contribution in [-0.2, 0) is 28.6 Å². The number of aliphatic carboxylic acids is 1. The van der Waals surface area contributed by atoms with Crippen LogP contribution in [0.15, 0.2) is 36.5 Å². The monoisotopic (exact) mass is 818 g/mol. The Hall–Kier alpha value is -2.45. The first-order valence-electron chi connectivity index (χ1n) is 24.0. The first kappa shape index (κ1) is 55.5. The Balaban J connectivity index is 4.26. The second-order valence-corrected chi connectivity index (χ2v) is 17.3. The average molecular weight is 818 g/mol. The Kier molecular flexibility index (Phi) is 39.5. The number of likely N-dealkylation sites (N-methyl/N-ethyl adjacent to an activating group) is 1. The van der Waals surface area contributed by atoms with Gasteiger partial charge in [0.1, 0.15) is 12.6 Å². The van der Waals surface area contributed by atoms with E-state index in [9.17, 15) is 19.5 Å². The molecule has 0 spiro atoms. The highest BCUT2D eigenvalue weighted by Crippen LogP contribution is 2.16. The molecule has 0 rings (SSSR count). The van der Waals surface area contributed by atoms with E-state index in [0.29, 0.717) is 12.8 Å². The van der Waals surface area contributed by atoms with Crippen LogP contribution in [0.1, 0.15) is 213 Å². The van der Waals surface area contributed by atoms with Gasteiger partial charge in [-0.15, -0.1) is 0 Å². The number of carbonyl (C=O) groups is 3. The van der Waals surface area contributed by atoms with Crippen LogP contribution < -0.4 is 5.11 Å². The zero-order chi connectivity index (χ0) is 42.8. The van der Waals surface area contributed by atoms with Crippen molar-refractivity contribution in [2.45, 2.75) is 225 Å². The molecule has 0 aromatic carbocycles. The molecule has 0 heterocycles. The highest BCUT2D eigenvalue weighted by molar-refractivity contribution is 5.70. The van der Waals surface area contributed by atoms with Gasteiger partial charge in [0.25, 0.3) is 0 Å².